The van der Waals surface area contributed by atoms with E-state index < -0.39 is 0 Å². The maximum Gasteiger partial charge on any atom is 0.293 e. The zero-order chi connectivity index (χ0) is 12.7. The van der Waals surface area contributed by atoms with Crippen molar-refractivity contribution in [1.29, 1.82) is 0 Å². The quantitative estimate of drug-likeness (QED) is 0.718. The minimum atomic E-state index is -0.221. The topological polar surface area (TPSA) is 42.3 Å². The zero-order valence-corrected chi connectivity index (χ0v) is 11.1. The monoisotopic (exact) mass is 250 g/mol. The minimum Gasteiger partial charge on any atom is -0.352 e. The van der Waals surface area contributed by atoms with Gasteiger partial charge in [-0.05, 0) is 43.3 Å². The van der Waals surface area contributed by atoms with Crippen LogP contribution in [0.5, 0.6) is 0 Å². The number of carbonyl (C=O) groups is 2. The molecule has 2 rings (SSSR count). The Hall–Kier alpha value is -1.49. The maximum absolute atomic E-state index is 11.7. The predicted octanol–water partition coefficient (Wildman–Crippen LogP) is 2.31. The summed E-state index contributed by atoms with van der Waals surface area (Å²) < 4.78 is 2.06. The molecule has 2 amide bonds. The number of carbonyl (C=O) groups excluding carboxylic acids is 2. The summed E-state index contributed by atoms with van der Waals surface area (Å²) in [6.45, 7) is 4.00. The molecule has 0 atom stereocenters. The number of thioether (sulfide) groups is 1. The van der Waals surface area contributed by atoms with Crippen molar-refractivity contribution in [3.8, 4) is 0 Å². The van der Waals surface area contributed by atoms with Gasteiger partial charge in [0.25, 0.3) is 11.1 Å². The molecule has 4 nitrogen and oxygen atoms in total. The smallest absolute Gasteiger partial charge is 0.293 e. The Morgan fingerprint density at radius 3 is 2.29 bits per heavy atom. The van der Waals surface area contributed by atoms with E-state index in [-0.39, 0.29) is 11.1 Å². The van der Waals surface area contributed by atoms with E-state index in [1.807, 2.05) is 27.0 Å². The molecule has 17 heavy (non-hydrogen) atoms. The minimum absolute atomic E-state index is 0.216. The molecule has 1 aromatic rings. The second-order valence-corrected chi connectivity index (χ2v) is 5.12. The van der Waals surface area contributed by atoms with Crippen LogP contribution in [0.25, 0.3) is 6.08 Å². The van der Waals surface area contributed by atoms with Gasteiger partial charge in [-0.3, -0.25) is 14.5 Å². The van der Waals surface area contributed by atoms with Crippen LogP contribution in [0.3, 0.4) is 0 Å². The lowest BCUT2D eigenvalue weighted by atomic mass is 10.2. The number of nitrogens with zero attached hydrogens (tertiary/aromatic N) is 2. The summed E-state index contributed by atoms with van der Waals surface area (Å²) in [5.74, 6) is -0.221. The molecule has 0 saturated carbocycles. The van der Waals surface area contributed by atoms with Gasteiger partial charge in [0.1, 0.15) is 0 Å². The van der Waals surface area contributed by atoms with Crippen LogP contribution in [0.2, 0.25) is 0 Å². The first-order valence-corrected chi connectivity index (χ1v) is 6.08. The lowest BCUT2D eigenvalue weighted by molar-refractivity contribution is -0.121. The molecule has 1 saturated heterocycles. The maximum atomic E-state index is 11.7. The highest BCUT2D eigenvalue weighted by atomic mass is 32.2. The zero-order valence-electron chi connectivity index (χ0n) is 10.3. The average Bonchev–Trinajstić information content (AvgIpc) is 2.66. The third-order valence-corrected chi connectivity index (χ3v) is 4.05. The Morgan fingerprint density at radius 1 is 1.24 bits per heavy atom. The molecule has 0 aliphatic carbocycles. The standard InChI is InChI=1S/C12H14N2O2S/c1-7-5-9(8(2)13(7)3)6-10-11(15)14(4)12(16)17-10/h5-6H,1-4H3/b10-6+. The van der Waals surface area contributed by atoms with Crippen LogP contribution in [0.15, 0.2) is 11.0 Å². The van der Waals surface area contributed by atoms with E-state index in [1.165, 1.54) is 7.05 Å². The first kappa shape index (κ1) is 12.0. The van der Waals surface area contributed by atoms with Gasteiger partial charge < -0.3 is 4.57 Å². The van der Waals surface area contributed by atoms with Crippen LogP contribution in [-0.4, -0.2) is 27.7 Å². The molecule has 2 heterocycles. The van der Waals surface area contributed by atoms with Crippen LogP contribution >= 0.6 is 11.8 Å². The van der Waals surface area contributed by atoms with Gasteiger partial charge >= 0.3 is 0 Å². The molecule has 0 radical (unpaired) electrons. The number of likely N-dealkylation sites (N-methyl/N-ethyl adjacent to an activating group) is 1. The molecule has 0 spiro atoms. The Morgan fingerprint density at radius 2 is 1.88 bits per heavy atom. The Labute approximate surface area is 104 Å². The summed E-state index contributed by atoms with van der Waals surface area (Å²) in [4.78, 5) is 24.7. The number of hydrogen-bond acceptors (Lipinski definition) is 3. The van der Waals surface area contributed by atoms with Crippen molar-refractivity contribution in [1.82, 2.24) is 9.47 Å². The molecule has 90 valence electrons. The average molecular weight is 250 g/mol. The largest absolute Gasteiger partial charge is 0.352 e. The highest BCUT2D eigenvalue weighted by Gasteiger charge is 2.31. The molecule has 1 aliphatic rings. The van der Waals surface area contributed by atoms with Gasteiger partial charge in [-0.15, -0.1) is 0 Å². The van der Waals surface area contributed by atoms with Crippen molar-refractivity contribution < 1.29 is 9.59 Å². The fraction of sp³-hybridized carbons (Fsp3) is 0.333. The normalized spacial score (nSPS) is 18.6. The highest BCUT2D eigenvalue weighted by molar-refractivity contribution is 8.18. The van der Waals surface area contributed by atoms with Gasteiger partial charge in [-0.25, -0.2) is 0 Å². The van der Waals surface area contributed by atoms with Gasteiger partial charge in [0.2, 0.25) is 0 Å². The van der Waals surface area contributed by atoms with Crippen molar-refractivity contribution in [2.45, 2.75) is 13.8 Å². The van der Waals surface area contributed by atoms with Crippen LogP contribution in [0.1, 0.15) is 17.0 Å². The lowest BCUT2D eigenvalue weighted by Gasteiger charge is -2.01. The van der Waals surface area contributed by atoms with E-state index in [2.05, 4.69) is 4.57 Å². The fourth-order valence-electron chi connectivity index (χ4n) is 1.72. The van der Waals surface area contributed by atoms with Crippen molar-refractivity contribution in [2.24, 2.45) is 7.05 Å². The molecule has 0 unspecified atom stereocenters. The van der Waals surface area contributed by atoms with Crippen LogP contribution in [0, 0.1) is 13.8 Å². The van der Waals surface area contributed by atoms with Crippen molar-refractivity contribution in [3.63, 3.8) is 0 Å². The molecule has 1 fully saturated rings. The van der Waals surface area contributed by atoms with Crippen molar-refractivity contribution >= 4 is 29.0 Å². The first-order valence-electron chi connectivity index (χ1n) is 5.26. The van der Waals surface area contributed by atoms with Crippen molar-refractivity contribution in [2.75, 3.05) is 7.05 Å². The third-order valence-electron chi connectivity index (χ3n) is 3.09. The van der Waals surface area contributed by atoms with Crippen LogP contribution in [-0.2, 0) is 11.8 Å². The molecule has 0 N–H and O–H groups in total. The van der Waals surface area contributed by atoms with Crippen LogP contribution in [0.4, 0.5) is 4.79 Å². The molecule has 1 aliphatic heterocycles. The van der Waals surface area contributed by atoms with E-state index in [4.69, 9.17) is 0 Å². The molecule has 1 aromatic heterocycles. The SMILES string of the molecule is Cc1cc(/C=C2/SC(=O)N(C)C2=O)c(C)n1C. The van der Waals surface area contributed by atoms with Crippen molar-refractivity contribution in [3.05, 3.63) is 27.9 Å². The Balaban J connectivity index is 2.41. The second-order valence-electron chi connectivity index (χ2n) is 4.13. The van der Waals surface area contributed by atoms with E-state index in [0.29, 0.717) is 4.91 Å². The molecule has 0 aromatic carbocycles. The third kappa shape index (κ3) is 1.91. The number of hydrogen-bond donors (Lipinski definition) is 0. The second kappa shape index (κ2) is 4.07. The summed E-state index contributed by atoms with van der Waals surface area (Å²) in [6, 6.07) is 2.01. The van der Waals surface area contributed by atoms with Gasteiger partial charge in [0, 0.05) is 25.5 Å². The molecular formula is C12H14N2O2S. The summed E-state index contributed by atoms with van der Waals surface area (Å²) in [7, 11) is 3.48. The summed E-state index contributed by atoms with van der Waals surface area (Å²) in [5, 5.41) is -0.216. The first-order chi connectivity index (χ1) is 7.91. The summed E-state index contributed by atoms with van der Waals surface area (Å²) in [5.41, 5.74) is 3.21. The molecular weight excluding hydrogens is 236 g/mol. The lowest BCUT2D eigenvalue weighted by Crippen LogP contribution is -2.22. The molecule has 5 heteroatoms. The molecule has 0 bridgehead atoms. The number of amides is 2. The number of imide groups is 1. The Bertz CT molecular complexity index is 543. The Kier molecular flexibility index (Phi) is 2.87. The van der Waals surface area contributed by atoms with Gasteiger partial charge in [-0.1, -0.05) is 0 Å². The van der Waals surface area contributed by atoms with Gasteiger partial charge in [0.05, 0.1) is 4.91 Å². The van der Waals surface area contributed by atoms with Gasteiger partial charge in [0.15, 0.2) is 0 Å². The number of rotatable bonds is 1. The number of aryl methyl sites for hydroxylation is 1. The summed E-state index contributed by atoms with van der Waals surface area (Å²) in [6.07, 6.45) is 1.79. The van der Waals surface area contributed by atoms with E-state index in [9.17, 15) is 9.59 Å². The van der Waals surface area contributed by atoms with E-state index in [1.54, 1.807) is 6.08 Å². The predicted molar refractivity (Wildman–Crippen MR) is 68.6 cm³/mol. The van der Waals surface area contributed by atoms with E-state index in [0.717, 1.165) is 33.6 Å². The fourth-order valence-corrected chi connectivity index (χ4v) is 2.54. The van der Waals surface area contributed by atoms with Gasteiger partial charge in [-0.2, -0.15) is 0 Å². The number of aromatic nitrogens is 1. The summed E-state index contributed by atoms with van der Waals surface area (Å²) >= 11 is 0.990. The highest BCUT2D eigenvalue weighted by Crippen LogP contribution is 2.31. The van der Waals surface area contributed by atoms with Crippen LogP contribution < -0.4 is 0 Å². The van der Waals surface area contributed by atoms with E-state index >= 15 is 0 Å².